The molecule has 4 aliphatic rings. The van der Waals surface area contributed by atoms with Crippen molar-refractivity contribution in [1.29, 1.82) is 0 Å². The topological polar surface area (TPSA) is 78.5 Å². The van der Waals surface area contributed by atoms with Gasteiger partial charge in [0.25, 0.3) is 0 Å². The number of fused-ring (bicyclic) bond motifs is 7. The Labute approximate surface area is 204 Å². The van der Waals surface area contributed by atoms with Crippen LogP contribution in [0.2, 0.25) is 5.02 Å². The van der Waals surface area contributed by atoms with Gasteiger partial charge in [0.05, 0.1) is 21.5 Å². The van der Waals surface area contributed by atoms with E-state index in [1.54, 1.807) is 12.1 Å². The van der Waals surface area contributed by atoms with Crippen LogP contribution < -0.4 is 10.6 Å². The Morgan fingerprint density at radius 3 is 2.65 bits per heavy atom. The standard InChI is InChI=1S/C26H20ClN3O3S/c27-16-8-3-7-15-20(16)29-24(33)26(15)22(21(31)18-10-5-13-34-18)25(19-11-4-12-30(19)26)14-6-1-2-9-17(14)28-23(25)32/h1-3,5-10,13,19,22H,4,11-12H2,(H,28,32)(H,29,33)/t19-,22+,25-,26+/m0/s1. The molecule has 2 fully saturated rings. The lowest BCUT2D eigenvalue weighted by Crippen LogP contribution is -2.55. The van der Waals surface area contributed by atoms with Crippen LogP contribution in [0.4, 0.5) is 11.4 Å². The number of hydrogen-bond donors (Lipinski definition) is 2. The number of thiophene rings is 1. The van der Waals surface area contributed by atoms with E-state index in [-0.39, 0.29) is 23.6 Å². The monoisotopic (exact) mass is 489 g/mol. The number of rotatable bonds is 2. The predicted octanol–water partition coefficient (Wildman–Crippen LogP) is 4.42. The number of carbonyl (C=O) groups excluding carboxylic acids is 3. The fourth-order valence-electron chi connectivity index (χ4n) is 7.10. The highest BCUT2D eigenvalue weighted by Crippen LogP contribution is 2.66. The quantitative estimate of drug-likeness (QED) is 0.522. The van der Waals surface area contributed by atoms with Gasteiger partial charge in [0.1, 0.15) is 11.0 Å². The Morgan fingerprint density at radius 2 is 1.82 bits per heavy atom. The highest BCUT2D eigenvalue weighted by atomic mass is 35.5. The summed E-state index contributed by atoms with van der Waals surface area (Å²) < 4.78 is 0. The highest BCUT2D eigenvalue weighted by Gasteiger charge is 2.78. The van der Waals surface area contributed by atoms with Crippen molar-refractivity contribution in [2.75, 3.05) is 17.2 Å². The number of benzene rings is 2. The Balaban J connectivity index is 1.61. The van der Waals surface area contributed by atoms with Crippen LogP contribution in [-0.4, -0.2) is 35.1 Å². The number of carbonyl (C=O) groups is 3. The van der Waals surface area contributed by atoms with Crippen molar-refractivity contribution < 1.29 is 14.4 Å². The summed E-state index contributed by atoms with van der Waals surface area (Å²) in [7, 11) is 0. The van der Waals surface area contributed by atoms with Crippen molar-refractivity contribution in [2.45, 2.75) is 29.8 Å². The molecule has 7 rings (SSSR count). The summed E-state index contributed by atoms with van der Waals surface area (Å²) in [5, 5.41) is 8.33. The van der Waals surface area contributed by atoms with E-state index in [1.807, 2.05) is 47.8 Å². The second kappa shape index (κ2) is 6.78. The number of hydrogen-bond acceptors (Lipinski definition) is 5. The van der Waals surface area contributed by atoms with Gasteiger partial charge in [-0.2, -0.15) is 0 Å². The number of halogens is 1. The van der Waals surface area contributed by atoms with Gasteiger partial charge in [0.15, 0.2) is 5.78 Å². The maximum absolute atomic E-state index is 14.4. The van der Waals surface area contributed by atoms with Crippen molar-refractivity contribution in [3.8, 4) is 0 Å². The number of anilines is 2. The molecule has 0 saturated carbocycles. The molecule has 2 spiro atoms. The summed E-state index contributed by atoms with van der Waals surface area (Å²) in [5.74, 6) is -1.61. The second-order valence-electron chi connectivity index (χ2n) is 9.38. The minimum atomic E-state index is -1.32. The van der Waals surface area contributed by atoms with Crippen LogP contribution in [0.3, 0.4) is 0 Å². The van der Waals surface area contributed by atoms with Crippen LogP contribution in [0.15, 0.2) is 60.0 Å². The van der Waals surface area contributed by atoms with E-state index >= 15 is 0 Å². The first kappa shape index (κ1) is 20.4. The van der Waals surface area contributed by atoms with Crippen LogP contribution in [0.1, 0.15) is 33.6 Å². The molecule has 6 nitrogen and oxygen atoms in total. The highest BCUT2D eigenvalue weighted by molar-refractivity contribution is 7.12. The number of Topliss-reactive ketones (excluding diaryl/α,β-unsaturated/α-hetero) is 1. The van der Waals surface area contributed by atoms with Crippen molar-refractivity contribution in [3.05, 3.63) is 81.0 Å². The molecule has 4 atom stereocenters. The van der Waals surface area contributed by atoms with Crippen LogP contribution >= 0.6 is 22.9 Å². The lowest BCUT2D eigenvalue weighted by atomic mass is 9.60. The first-order valence-corrected chi connectivity index (χ1v) is 12.6. The third kappa shape index (κ3) is 2.14. The zero-order chi connectivity index (χ0) is 23.2. The normalized spacial score (nSPS) is 31.0. The van der Waals surface area contributed by atoms with E-state index in [4.69, 9.17) is 11.6 Å². The molecule has 2 N–H and O–H groups in total. The lowest BCUT2D eigenvalue weighted by Gasteiger charge is -2.38. The van der Waals surface area contributed by atoms with E-state index in [2.05, 4.69) is 15.5 Å². The molecule has 4 aliphatic heterocycles. The molecule has 2 saturated heterocycles. The fourth-order valence-corrected chi connectivity index (χ4v) is 8.01. The molecule has 5 heterocycles. The van der Waals surface area contributed by atoms with Crippen LogP contribution in [-0.2, 0) is 20.5 Å². The number of ketones is 1. The maximum Gasteiger partial charge on any atom is 0.250 e. The van der Waals surface area contributed by atoms with Gasteiger partial charge in [-0.25, -0.2) is 0 Å². The molecular formula is C26H20ClN3O3S. The lowest BCUT2D eigenvalue weighted by molar-refractivity contribution is -0.128. The Hall–Kier alpha value is -3.00. The largest absolute Gasteiger partial charge is 0.325 e. The zero-order valence-electron chi connectivity index (χ0n) is 18.0. The minimum Gasteiger partial charge on any atom is -0.325 e. The Bertz CT molecular complexity index is 1410. The van der Waals surface area contributed by atoms with Gasteiger partial charge in [-0.15, -0.1) is 11.3 Å². The van der Waals surface area contributed by atoms with Crippen LogP contribution in [0.25, 0.3) is 0 Å². The number of para-hydroxylation sites is 2. The second-order valence-corrected chi connectivity index (χ2v) is 10.7. The van der Waals surface area contributed by atoms with Gasteiger partial charge in [-0.1, -0.05) is 48.0 Å². The van der Waals surface area contributed by atoms with Gasteiger partial charge in [-0.3, -0.25) is 19.3 Å². The third-order valence-corrected chi connectivity index (χ3v) is 9.34. The predicted molar refractivity (Wildman–Crippen MR) is 130 cm³/mol. The first-order valence-electron chi connectivity index (χ1n) is 11.4. The van der Waals surface area contributed by atoms with E-state index in [9.17, 15) is 14.4 Å². The molecule has 0 unspecified atom stereocenters. The molecule has 2 aromatic carbocycles. The average Bonchev–Trinajstić information content (AvgIpc) is 3.62. The van der Waals surface area contributed by atoms with E-state index < -0.39 is 16.9 Å². The summed E-state index contributed by atoms with van der Waals surface area (Å²) in [6.45, 7) is 0.620. The molecule has 8 heteroatoms. The van der Waals surface area contributed by atoms with Gasteiger partial charge in [0.2, 0.25) is 11.8 Å². The molecule has 1 aromatic heterocycles. The van der Waals surface area contributed by atoms with Gasteiger partial charge >= 0.3 is 0 Å². The van der Waals surface area contributed by atoms with Crippen molar-refractivity contribution >= 4 is 51.9 Å². The molecule has 170 valence electrons. The molecule has 3 aromatic rings. The maximum atomic E-state index is 14.4. The smallest absolute Gasteiger partial charge is 0.250 e. The molecule has 0 radical (unpaired) electrons. The van der Waals surface area contributed by atoms with E-state index in [1.165, 1.54) is 11.3 Å². The van der Waals surface area contributed by atoms with E-state index in [0.29, 0.717) is 33.4 Å². The summed E-state index contributed by atoms with van der Waals surface area (Å²) in [6, 6.07) is 16.3. The Morgan fingerprint density at radius 1 is 1.00 bits per heavy atom. The van der Waals surface area contributed by atoms with Gasteiger partial charge in [0, 0.05) is 17.3 Å². The fraction of sp³-hybridized carbons (Fsp3) is 0.269. The number of nitrogens with one attached hydrogen (secondary N) is 2. The van der Waals surface area contributed by atoms with Crippen LogP contribution in [0, 0.1) is 5.92 Å². The van der Waals surface area contributed by atoms with E-state index in [0.717, 1.165) is 18.4 Å². The minimum absolute atomic E-state index is 0.181. The van der Waals surface area contributed by atoms with Crippen molar-refractivity contribution in [1.82, 2.24) is 4.90 Å². The first-order chi connectivity index (χ1) is 16.5. The van der Waals surface area contributed by atoms with Crippen molar-refractivity contribution in [2.24, 2.45) is 5.92 Å². The zero-order valence-corrected chi connectivity index (χ0v) is 19.6. The summed E-state index contributed by atoms with van der Waals surface area (Å²) in [6.07, 6.45) is 1.56. The average molecular weight is 490 g/mol. The number of amides is 2. The van der Waals surface area contributed by atoms with Crippen molar-refractivity contribution in [3.63, 3.8) is 0 Å². The summed E-state index contributed by atoms with van der Waals surface area (Å²) in [4.78, 5) is 45.3. The summed E-state index contributed by atoms with van der Waals surface area (Å²) >= 11 is 7.87. The van der Waals surface area contributed by atoms with Gasteiger partial charge < -0.3 is 10.6 Å². The SMILES string of the molecule is O=C(c1cccs1)[C@@H]1[C@@]2(C(=O)Nc3ccccc32)[C@@H]2CCCN2[C@@]12C(=O)Nc1c(Cl)cccc12. The Kier molecular flexibility index (Phi) is 4.06. The molecule has 0 aliphatic carbocycles. The molecular weight excluding hydrogens is 470 g/mol. The third-order valence-electron chi connectivity index (χ3n) is 8.14. The molecule has 2 amide bonds. The van der Waals surface area contributed by atoms with Crippen LogP contribution in [0.5, 0.6) is 0 Å². The number of nitrogens with zero attached hydrogens (tertiary/aromatic N) is 1. The molecule has 34 heavy (non-hydrogen) atoms. The summed E-state index contributed by atoms with van der Waals surface area (Å²) in [5.41, 5.74) is 0.220. The van der Waals surface area contributed by atoms with Gasteiger partial charge in [-0.05, 0) is 48.5 Å². The molecule has 0 bridgehead atoms.